The van der Waals surface area contributed by atoms with Crippen molar-refractivity contribution >= 4 is 33.2 Å². The van der Waals surface area contributed by atoms with Gasteiger partial charge in [-0.15, -0.1) is 0 Å². The van der Waals surface area contributed by atoms with Gasteiger partial charge in [0.2, 0.25) is 0 Å². The number of benzene rings is 1. The van der Waals surface area contributed by atoms with Crippen molar-refractivity contribution in [1.29, 1.82) is 0 Å². The number of aryl methyl sites for hydroxylation is 2. The normalized spacial score (nSPS) is 10.4. The number of halogens is 1. The lowest BCUT2D eigenvalue weighted by molar-refractivity contribution is 0.0951. The van der Waals surface area contributed by atoms with Crippen LogP contribution in [0.15, 0.2) is 33.4 Å². The van der Waals surface area contributed by atoms with E-state index in [2.05, 4.69) is 38.9 Å². The number of rotatable bonds is 3. The van der Waals surface area contributed by atoms with Crippen molar-refractivity contribution in [3.8, 4) is 0 Å². The third-order valence-electron chi connectivity index (χ3n) is 2.82. The highest BCUT2D eigenvalue weighted by atomic mass is 79.9. The Bertz CT molecular complexity index is 577. The monoisotopic (exact) mass is 323 g/mol. The second-order valence-electron chi connectivity index (χ2n) is 4.23. The van der Waals surface area contributed by atoms with Crippen molar-refractivity contribution in [2.45, 2.75) is 20.4 Å². The number of hydrogen-bond acceptors (Lipinski definition) is 2. The van der Waals surface area contributed by atoms with E-state index in [-0.39, 0.29) is 5.91 Å². The molecule has 0 fully saturated rings. The predicted octanol–water partition coefficient (Wildman–Crippen LogP) is 4.06. The summed E-state index contributed by atoms with van der Waals surface area (Å²) in [6.07, 6.45) is 0. The molecule has 1 heterocycles. The van der Waals surface area contributed by atoms with E-state index in [9.17, 15) is 4.79 Å². The van der Waals surface area contributed by atoms with Crippen LogP contribution in [-0.2, 0) is 6.54 Å². The molecule has 0 atom stereocenters. The van der Waals surface area contributed by atoms with Gasteiger partial charge in [0.25, 0.3) is 5.91 Å². The number of amides is 1. The van der Waals surface area contributed by atoms with E-state index in [1.165, 1.54) is 11.1 Å². The maximum atomic E-state index is 12.0. The number of carbonyl (C=O) groups excluding carboxylic acids is 1. The Balaban J connectivity index is 2.04. The second-order valence-corrected chi connectivity index (χ2v) is 5.82. The van der Waals surface area contributed by atoms with E-state index in [1.807, 2.05) is 25.1 Å². The van der Waals surface area contributed by atoms with Gasteiger partial charge in [0, 0.05) is 16.6 Å². The Morgan fingerprint density at radius 3 is 2.67 bits per heavy atom. The molecule has 0 aliphatic carbocycles. The summed E-state index contributed by atoms with van der Waals surface area (Å²) in [5, 5.41) is 7.10. The zero-order valence-electron chi connectivity index (χ0n) is 10.3. The quantitative estimate of drug-likeness (QED) is 0.906. The molecule has 2 rings (SSSR count). The summed E-state index contributed by atoms with van der Waals surface area (Å²) >= 11 is 5.09. The highest BCUT2D eigenvalue weighted by molar-refractivity contribution is 9.10. The summed E-state index contributed by atoms with van der Waals surface area (Å²) in [6, 6.07) is 5.62. The smallest absolute Gasteiger partial charge is 0.251 e. The van der Waals surface area contributed by atoms with Crippen LogP contribution in [0.1, 0.15) is 27.0 Å². The zero-order valence-corrected chi connectivity index (χ0v) is 12.7. The highest BCUT2D eigenvalue weighted by Crippen LogP contribution is 2.17. The SMILES string of the molecule is Cc1cc(C(=O)NCc2cscc2C)ccc1Br. The van der Waals surface area contributed by atoms with Gasteiger partial charge in [0.15, 0.2) is 0 Å². The first-order chi connectivity index (χ1) is 8.58. The molecule has 1 aromatic carbocycles. The molecular weight excluding hydrogens is 310 g/mol. The van der Waals surface area contributed by atoms with Crippen LogP contribution in [0, 0.1) is 13.8 Å². The predicted molar refractivity (Wildman–Crippen MR) is 79.1 cm³/mol. The average Bonchev–Trinajstić information content (AvgIpc) is 2.75. The molecule has 0 saturated heterocycles. The van der Waals surface area contributed by atoms with Crippen molar-refractivity contribution < 1.29 is 4.79 Å². The first kappa shape index (κ1) is 13.3. The maximum absolute atomic E-state index is 12.0. The topological polar surface area (TPSA) is 29.1 Å². The molecule has 94 valence electrons. The number of carbonyl (C=O) groups is 1. The van der Waals surface area contributed by atoms with Gasteiger partial charge >= 0.3 is 0 Å². The van der Waals surface area contributed by atoms with Crippen LogP contribution in [0.4, 0.5) is 0 Å². The molecule has 0 aliphatic rings. The summed E-state index contributed by atoms with van der Waals surface area (Å²) < 4.78 is 1.02. The molecule has 1 N–H and O–H groups in total. The number of thiophene rings is 1. The summed E-state index contributed by atoms with van der Waals surface area (Å²) in [4.78, 5) is 12.0. The molecule has 1 amide bonds. The van der Waals surface area contributed by atoms with Gasteiger partial charge in [0.1, 0.15) is 0 Å². The van der Waals surface area contributed by atoms with Gasteiger partial charge in [-0.2, -0.15) is 11.3 Å². The van der Waals surface area contributed by atoms with E-state index in [1.54, 1.807) is 11.3 Å². The fraction of sp³-hybridized carbons (Fsp3) is 0.214. The Kier molecular flexibility index (Phi) is 4.19. The van der Waals surface area contributed by atoms with Gasteiger partial charge in [-0.05, 0) is 59.5 Å². The van der Waals surface area contributed by atoms with Crippen LogP contribution in [0.25, 0.3) is 0 Å². The lowest BCUT2D eigenvalue weighted by Gasteiger charge is -2.06. The van der Waals surface area contributed by atoms with Gasteiger partial charge < -0.3 is 5.32 Å². The molecular formula is C14H14BrNOS. The highest BCUT2D eigenvalue weighted by Gasteiger charge is 2.07. The molecule has 2 aromatic rings. The second kappa shape index (κ2) is 5.67. The molecule has 4 heteroatoms. The van der Waals surface area contributed by atoms with Crippen LogP contribution < -0.4 is 5.32 Å². The molecule has 0 aliphatic heterocycles. The lowest BCUT2D eigenvalue weighted by atomic mass is 10.1. The van der Waals surface area contributed by atoms with Gasteiger partial charge in [0.05, 0.1) is 0 Å². The summed E-state index contributed by atoms with van der Waals surface area (Å²) in [5.74, 6) is -0.0313. The van der Waals surface area contributed by atoms with E-state index >= 15 is 0 Å². The molecule has 18 heavy (non-hydrogen) atoms. The minimum absolute atomic E-state index is 0.0313. The van der Waals surface area contributed by atoms with Gasteiger partial charge in [-0.3, -0.25) is 4.79 Å². The van der Waals surface area contributed by atoms with E-state index in [0.29, 0.717) is 12.1 Å². The van der Waals surface area contributed by atoms with Crippen molar-refractivity contribution in [3.63, 3.8) is 0 Å². The van der Waals surface area contributed by atoms with Crippen molar-refractivity contribution in [3.05, 3.63) is 55.7 Å². The lowest BCUT2D eigenvalue weighted by Crippen LogP contribution is -2.22. The Morgan fingerprint density at radius 1 is 1.28 bits per heavy atom. The third kappa shape index (κ3) is 3.00. The minimum atomic E-state index is -0.0313. The maximum Gasteiger partial charge on any atom is 0.251 e. The minimum Gasteiger partial charge on any atom is -0.348 e. The van der Waals surface area contributed by atoms with Crippen molar-refractivity contribution in [1.82, 2.24) is 5.32 Å². The zero-order chi connectivity index (χ0) is 13.1. The van der Waals surface area contributed by atoms with Crippen LogP contribution in [0.5, 0.6) is 0 Å². The van der Waals surface area contributed by atoms with Crippen LogP contribution in [0.3, 0.4) is 0 Å². The van der Waals surface area contributed by atoms with Crippen molar-refractivity contribution in [2.24, 2.45) is 0 Å². The Labute approximate surface area is 119 Å². The number of hydrogen-bond donors (Lipinski definition) is 1. The van der Waals surface area contributed by atoms with E-state index < -0.39 is 0 Å². The standard InChI is InChI=1S/C14H14BrNOS/c1-9-5-11(3-4-13(9)15)14(17)16-6-12-8-18-7-10(12)2/h3-5,7-8H,6H2,1-2H3,(H,16,17). The van der Waals surface area contributed by atoms with Gasteiger partial charge in [-0.25, -0.2) is 0 Å². The van der Waals surface area contributed by atoms with E-state index in [4.69, 9.17) is 0 Å². The average molecular weight is 324 g/mol. The van der Waals surface area contributed by atoms with Crippen LogP contribution >= 0.6 is 27.3 Å². The van der Waals surface area contributed by atoms with Crippen LogP contribution in [-0.4, -0.2) is 5.91 Å². The fourth-order valence-corrected chi connectivity index (χ4v) is 2.74. The third-order valence-corrected chi connectivity index (χ3v) is 4.62. The molecule has 0 bridgehead atoms. The fourth-order valence-electron chi connectivity index (χ4n) is 1.63. The molecule has 0 saturated carbocycles. The van der Waals surface area contributed by atoms with E-state index in [0.717, 1.165) is 10.0 Å². The van der Waals surface area contributed by atoms with Gasteiger partial charge in [-0.1, -0.05) is 15.9 Å². The molecule has 0 spiro atoms. The summed E-state index contributed by atoms with van der Waals surface area (Å²) in [5.41, 5.74) is 4.17. The molecule has 2 nitrogen and oxygen atoms in total. The summed E-state index contributed by atoms with van der Waals surface area (Å²) in [7, 11) is 0. The van der Waals surface area contributed by atoms with Crippen LogP contribution in [0.2, 0.25) is 0 Å². The molecule has 0 unspecified atom stereocenters. The Morgan fingerprint density at radius 2 is 2.06 bits per heavy atom. The number of nitrogens with one attached hydrogen (secondary N) is 1. The molecule has 1 aromatic heterocycles. The first-order valence-electron chi connectivity index (χ1n) is 5.64. The molecule has 0 radical (unpaired) electrons. The Hall–Kier alpha value is -1.13. The first-order valence-corrected chi connectivity index (χ1v) is 7.37. The largest absolute Gasteiger partial charge is 0.348 e. The summed E-state index contributed by atoms with van der Waals surface area (Å²) in [6.45, 7) is 4.62. The van der Waals surface area contributed by atoms with Crippen molar-refractivity contribution in [2.75, 3.05) is 0 Å².